The number of piperazine rings is 1. The quantitative estimate of drug-likeness (QED) is 0.927. The van der Waals surface area contributed by atoms with Gasteiger partial charge in [-0.25, -0.2) is 4.39 Å². The van der Waals surface area contributed by atoms with Gasteiger partial charge in [-0.2, -0.15) is 11.3 Å². The average Bonchev–Trinajstić information content (AvgIpc) is 2.96. The summed E-state index contributed by atoms with van der Waals surface area (Å²) in [6, 6.07) is 9.32. The molecule has 1 fully saturated rings. The van der Waals surface area contributed by atoms with E-state index >= 15 is 0 Å². The SMILES string of the molecule is Fc1ccc([C@@H](c2ccsc2)N2CCNCC2)cc1. The highest BCUT2D eigenvalue weighted by atomic mass is 32.1. The van der Waals surface area contributed by atoms with Gasteiger partial charge in [0.25, 0.3) is 0 Å². The van der Waals surface area contributed by atoms with Gasteiger partial charge in [0.2, 0.25) is 0 Å². The Morgan fingerprint density at radius 2 is 1.79 bits per heavy atom. The number of hydrogen-bond acceptors (Lipinski definition) is 3. The third-order valence-electron chi connectivity index (χ3n) is 3.56. The van der Waals surface area contributed by atoms with E-state index in [9.17, 15) is 4.39 Å². The number of benzene rings is 1. The summed E-state index contributed by atoms with van der Waals surface area (Å²) in [4.78, 5) is 2.46. The number of rotatable bonds is 3. The smallest absolute Gasteiger partial charge is 0.123 e. The molecule has 2 aromatic rings. The lowest BCUT2D eigenvalue weighted by molar-refractivity contribution is 0.198. The minimum atomic E-state index is -0.173. The maximum Gasteiger partial charge on any atom is 0.123 e. The Kier molecular flexibility index (Phi) is 3.92. The van der Waals surface area contributed by atoms with Crippen molar-refractivity contribution in [1.29, 1.82) is 0 Å². The summed E-state index contributed by atoms with van der Waals surface area (Å²) in [5.41, 5.74) is 2.47. The lowest BCUT2D eigenvalue weighted by Crippen LogP contribution is -2.45. The lowest BCUT2D eigenvalue weighted by Gasteiger charge is -2.35. The van der Waals surface area contributed by atoms with Gasteiger partial charge in [-0.05, 0) is 40.1 Å². The maximum absolute atomic E-state index is 13.1. The molecule has 4 heteroatoms. The predicted molar refractivity (Wildman–Crippen MR) is 77.0 cm³/mol. The van der Waals surface area contributed by atoms with Crippen LogP contribution in [0, 0.1) is 5.82 Å². The van der Waals surface area contributed by atoms with Crippen molar-refractivity contribution in [3.05, 3.63) is 58.0 Å². The molecule has 1 atom stereocenters. The first-order chi connectivity index (χ1) is 9.34. The average molecular weight is 276 g/mol. The molecule has 3 rings (SSSR count). The first-order valence-electron chi connectivity index (χ1n) is 6.57. The van der Waals surface area contributed by atoms with E-state index in [4.69, 9.17) is 0 Å². The molecular weight excluding hydrogens is 259 g/mol. The molecule has 0 unspecified atom stereocenters. The normalized spacial score (nSPS) is 18.4. The molecule has 0 aliphatic carbocycles. The number of hydrogen-bond donors (Lipinski definition) is 1. The summed E-state index contributed by atoms with van der Waals surface area (Å²) in [5.74, 6) is -0.173. The van der Waals surface area contributed by atoms with Crippen LogP contribution in [0.15, 0.2) is 41.1 Å². The molecule has 19 heavy (non-hydrogen) atoms. The molecule has 0 amide bonds. The Bertz CT molecular complexity index is 503. The van der Waals surface area contributed by atoms with Crippen LogP contribution in [0.2, 0.25) is 0 Å². The Labute approximate surface area is 116 Å². The van der Waals surface area contributed by atoms with Gasteiger partial charge in [-0.3, -0.25) is 4.90 Å². The van der Waals surface area contributed by atoms with Gasteiger partial charge < -0.3 is 5.32 Å². The second-order valence-electron chi connectivity index (χ2n) is 4.80. The summed E-state index contributed by atoms with van der Waals surface area (Å²) in [5, 5.41) is 7.67. The topological polar surface area (TPSA) is 15.3 Å². The minimum absolute atomic E-state index is 0.173. The second kappa shape index (κ2) is 5.82. The Morgan fingerprint density at radius 3 is 2.42 bits per heavy atom. The van der Waals surface area contributed by atoms with Crippen LogP contribution in [-0.2, 0) is 0 Å². The largest absolute Gasteiger partial charge is 0.314 e. The molecule has 1 aromatic heterocycles. The van der Waals surface area contributed by atoms with Crippen LogP contribution in [0.5, 0.6) is 0 Å². The predicted octanol–water partition coefficient (Wildman–Crippen LogP) is 2.88. The van der Waals surface area contributed by atoms with Crippen LogP contribution < -0.4 is 5.32 Å². The summed E-state index contributed by atoms with van der Waals surface area (Å²) < 4.78 is 13.1. The molecule has 0 bridgehead atoms. The van der Waals surface area contributed by atoms with Crippen LogP contribution in [0.3, 0.4) is 0 Å². The number of nitrogens with zero attached hydrogens (tertiary/aromatic N) is 1. The van der Waals surface area contributed by atoms with Gasteiger partial charge >= 0.3 is 0 Å². The molecule has 0 radical (unpaired) electrons. The molecule has 0 spiro atoms. The molecular formula is C15H17FN2S. The zero-order chi connectivity index (χ0) is 13.1. The van der Waals surface area contributed by atoms with Crippen LogP contribution in [0.25, 0.3) is 0 Å². The Morgan fingerprint density at radius 1 is 1.05 bits per heavy atom. The number of nitrogens with one attached hydrogen (secondary N) is 1. The van der Waals surface area contributed by atoms with Crippen molar-refractivity contribution in [2.75, 3.05) is 26.2 Å². The van der Waals surface area contributed by atoms with Crippen molar-refractivity contribution in [3.8, 4) is 0 Å². The minimum Gasteiger partial charge on any atom is -0.314 e. The van der Waals surface area contributed by atoms with Gasteiger partial charge in [0.05, 0.1) is 6.04 Å². The molecule has 1 aromatic carbocycles. The van der Waals surface area contributed by atoms with E-state index in [0.717, 1.165) is 26.2 Å². The maximum atomic E-state index is 13.1. The van der Waals surface area contributed by atoms with Crippen molar-refractivity contribution >= 4 is 11.3 Å². The molecule has 1 saturated heterocycles. The highest BCUT2D eigenvalue weighted by molar-refractivity contribution is 7.08. The third-order valence-corrected chi connectivity index (χ3v) is 4.26. The Hall–Kier alpha value is -1.23. The number of thiophene rings is 1. The monoisotopic (exact) mass is 276 g/mol. The molecule has 100 valence electrons. The fraction of sp³-hybridized carbons (Fsp3) is 0.333. The van der Waals surface area contributed by atoms with Gasteiger partial charge in [0.1, 0.15) is 5.82 Å². The molecule has 0 saturated carbocycles. The summed E-state index contributed by atoms with van der Waals surface area (Å²) >= 11 is 1.71. The highest BCUT2D eigenvalue weighted by Gasteiger charge is 2.23. The molecule has 2 nitrogen and oxygen atoms in total. The van der Waals surface area contributed by atoms with Crippen molar-refractivity contribution in [1.82, 2.24) is 10.2 Å². The van der Waals surface area contributed by atoms with E-state index in [-0.39, 0.29) is 11.9 Å². The van der Waals surface area contributed by atoms with E-state index in [2.05, 4.69) is 27.0 Å². The zero-order valence-corrected chi connectivity index (χ0v) is 11.5. The van der Waals surface area contributed by atoms with Crippen LogP contribution >= 0.6 is 11.3 Å². The second-order valence-corrected chi connectivity index (χ2v) is 5.58. The van der Waals surface area contributed by atoms with E-state index in [1.54, 1.807) is 23.5 Å². The van der Waals surface area contributed by atoms with Crippen LogP contribution in [0.1, 0.15) is 17.2 Å². The van der Waals surface area contributed by atoms with Crippen molar-refractivity contribution in [2.24, 2.45) is 0 Å². The van der Waals surface area contributed by atoms with E-state index < -0.39 is 0 Å². The lowest BCUT2D eigenvalue weighted by atomic mass is 9.99. The van der Waals surface area contributed by atoms with Gasteiger partial charge in [-0.1, -0.05) is 12.1 Å². The molecule has 1 aliphatic heterocycles. The highest BCUT2D eigenvalue weighted by Crippen LogP contribution is 2.30. The summed E-state index contributed by atoms with van der Waals surface area (Å²) in [6.07, 6.45) is 0. The Balaban J connectivity index is 1.93. The van der Waals surface area contributed by atoms with E-state index in [0.29, 0.717) is 0 Å². The summed E-state index contributed by atoms with van der Waals surface area (Å²) in [7, 11) is 0. The van der Waals surface area contributed by atoms with E-state index in [1.165, 1.54) is 11.1 Å². The molecule has 1 N–H and O–H groups in total. The van der Waals surface area contributed by atoms with Crippen LogP contribution in [-0.4, -0.2) is 31.1 Å². The third kappa shape index (κ3) is 2.86. The molecule has 1 aliphatic rings. The standard InChI is InChI=1S/C15H17FN2S/c16-14-3-1-12(2-4-14)15(13-5-10-19-11-13)18-8-6-17-7-9-18/h1-5,10-11,15,17H,6-9H2/t15-/m0/s1. The van der Waals surface area contributed by atoms with Crippen molar-refractivity contribution in [3.63, 3.8) is 0 Å². The van der Waals surface area contributed by atoms with Crippen molar-refractivity contribution < 1.29 is 4.39 Å². The van der Waals surface area contributed by atoms with Gasteiger partial charge in [0.15, 0.2) is 0 Å². The fourth-order valence-corrected chi connectivity index (χ4v) is 3.31. The first-order valence-corrected chi connectivity index (χ1v) is 7.51. The zero-order valence-electron chi connectivity index (χ0n) is 10.7. The molecule has 2 heterocycles. The van der Waals surface area contributed by atoms with E-state index in [1.807, 2.05) is 12.1 Å². The summed E-state index contributed by atoms with van der Waals surface area (Å²) in [6.45, 7) is 4.08. The number of halogens is 1. The van der Waals surface area contributed by atoms with Gasteiger partial charge in [0, 0.05) is 26.2 Å². The van der Waals surface area contributed by atoms with Crippen molar-refractivity contribution in [2.45, 2.75) is 6.04 Å². The fourth-order valence-electron chi connectivity index (χ4n) is 2.63. The van der Waals surface area contributed by atoms with Gasteiger partial charge in [-0.15, -0.1) is 0 Å². The first kappa shape index (κ1) is 12.8. The van der Waals surface area contributed by atoms with Crippen LogP contribution in [0.4, 0.5) is 4.39 Å².